The molecule has 3 saturated carbocycles. The smallest absolute Gasteiger partial charge is 0.0811 e. The SMILES string of the molecule is C=C1/C(=C\C=C2/CCC[C@]3(C)[C@@H]([C@H](C)CCC=C(C)C)CC[C@@H]23)C[C@@H](O)C[C@@H]1O. The zero-order valence-corrected chi connectivity index (χ0v) is 19.1. The molecule has 6 atom stereocenters. The van der Waals surface area contributed by atoms with Gasteiger partial charge in [0.25, 0.3) is 0 Å². The summed E-state index contributed by atoms with van der Waals surface area (Å²) in [6.07, 6.45) is 15.9. The third-order valence-electron chi connectivity index (χ3n) is 8.16. The standard InChI is InChI=1S/C27H42O2/c1-18(2)8-6-9-19(3)24-13-14-25-21(10-7-15-27(24,25)5)11-12-22-16-23(28)17-26(29)20(22)4/h8,11-12,19,23-26,28-29H,4,6-7,9-10,13-17H2,1-3,5H3/b21-11+,22-12-/t19-,23-,24-,25+,26+,27-/m1/s1. The second-order valence-electron chi connectivity index (χ2n) is 10.5. The van der Waals surface area contributed by atoms with Gasteiger partial charge in [-0.1, -0.05) is 49.8 Å². The van der Waals surface area contributed by atoms with Gasteiger partial charge >= 0.3 is 0 Å². The maximum Gasteiger partial charge on any atom is 0.0811 e. The summed E-state index contributed by atoms with van der Waals surface area (Å²) >= 11 is 0. The summed E-state index contributed by atoms with van der Waals surface area (Å²) in [6, 6.07) is 0. The van der Waals surface area contributed by atoms with Crippen molar-refractivity contribution in [2.45, 2.75) is 97.7 Å². The first-order chi connectivity index (χ1) is 13.7. The van der Waals surface area contributed by atoms with Crippen molar-refractivity contribution < 1.29 is 10.2 Å². The maximum atomic E-state index is 10.1. The number of rotatable bonds is 5. The van der Waals surface area contributed by atoms with E-state index in [9.17, 15) is 10.2 Å². The molecule has 0 aliphatic heterocycles. The average molecular weight is 399 g/mol. The molecule has 3 fully saturated rings. The van der Waals surface area contributed by atoms with Gasteiger partial charge in [-0.15, -0.1) is 0 Å². The van der Waals surface area contributed by atoms with Gasteiger partial charge in [-0.3, -0.25) is 0 Å². The van der Waals surface area contributed by atoms with E-state index in [4.69, 9.17) is 0 Å². The summed E-state index contributed by atoms with van der Waals surface area (Å²) < 4.78 is 0. The number of hydrogen-bond acceptors (Lipinski definition) is 2. The van der Waals surface area contributed by atoms with Gasteiger partial charge in [-0.25, -0.2) is 0 Å². The lowest BCUT2D eigenvalue weighted by atomic mass is 9.60. The van der Waals surface area contributed by atoms with Crippen LogP contribution in [0.4, 0.5) is 0 Å². The highest BCUT2D eigenvalue weighted by Gasteiger charge is 2.50. The molecule has 0 aromatic rings. The van der Waals surface area contributed by atoms with Crippen LogP contribution in [-0.4, -0.2) is 22.4 Å². The lowest BCUT2D eigenvalue weighted by Crippen LogP contribution is -2.36. The van der Waals surface area contributed by atoms with Crippen LogP contribution in [0, 0.1) is 23.2 Å². The monoisotopic (exact) mass is 398 g/mol. The fourth-order valence-electron chi connectivity index (χ4n) is 6.52. The van der Waals surface area contributed by atoms with Gasteiger partial charge in [-0.05, 0) is 99.5 Å². The minimum absolute atomic E-state index is 0.416. The summed E-state index contributed by atoms with van der Waals surface area (Å²) in [5.41, 5.74) is 5.27. The van der Waals surface area contributed by atoms with E-state index < -0.39 is 12.2 Å². The fourth-order valence-corrected chi connectivity index (χ4v) is 6.52. The Morgan fingerprint density at radius 1 is 1.24 bits per heavy atom. The lowest BCUT2D eigenvalue weighted by Gasteiger charge is -2.44. The van der Waals surface area contributed by atoms with Gasteiger partial charge in [0, 0.05) is 6.42 Å². The number of fused-ring (bicyclic) bond motifs is 1. The highest BCUT2D eigenvalue weighted by molar-refractivity contribution is 5.38. The Labute approximate surface area is 178 Å². The number of aliphatic hydroxyl groups excluding tert-OH is 2. The predicted octanol–water partition coefficient (Wildman–Crippen LogP) is 6.51. The van der Waals surface area contributed by atoms with E-state index in [0.717, 1.165) is 23.0 Å². The molecule has 162 valence electrons. The van der Waals surface area contributed by atoms with Gasteiger partial charge in [0.2, 0.25) is 0 Å². The van der Waals surface area contributed by atoms with Crippen LogP contribution in [0.5, 0.6) is 0 Å². The van der Waals surface area contributed by atoms with E-state index in [1.807, 2.05) is 0 Å². The van der Waals surface area contributed by atoms with Crippen LogP contribution in [-0.2, 0) is 0 Å². The molecule has 0 aromatic heterocycles. The van der Waals surface area contributed by atoms with Crippen LogP contribution >= 0.6 is 0 Å². The van der Waals surface area contributed by atoms with E-state index in [0.29, 0.717) is 24.2 Å². The van der Waals surface area contributed by atoms with Crippen molar-refractivity contribution >= 4 is 0 Å². The molecule has 2 nitrogen and oxygen atoms in total. The van der Waals surface area contributed by atoms with Crippen LogP contribution in [0.15, 0.2) is 47.1 Å². The first kappa shape index (κ1) is 22.6. The molecule has 3 aliphatic rings. The zero-order valence-electron chi connectivity index (χ0n) is 19.1. The van der Waals surface area contributed by atoms with E-state index in [1.54, 1.807) is 5.57 Å². The van der Waals surface area contributed by atoms with Gasteiger partial charge < -0.3 is 10.2 Å². The molecule has 29 heavy (non-hydrogen) atoms. The van der Waals surface area contributed by atoms with Gasteiger partial charge in [0.15, 0.2) is 0 Å². The van der Waals surface area contributed by atoms with Crippen LogP contribution in [0.25, 0.3) is 0 Å². The highest BCUT2D eigenvalue weighted by atomic mass is 16.3. The highest BCUT2D eigenvalue weighted by Crippen LogP contribution is 2.59. The Bertz CT molecular complexity index is 693. The molecule has 0 saturated heterocycles. The Kier molecular flexibility index (Phi) is 7.27. The molecule has 2 heteroatoms. The molecule has 0 aromatic carbocycles. The van der Waals surface area contributed by atoms with Crippen LogP contribution in [0.2, 0.25) is 0 Å². The zero-order chi connectivity index (χ0) is 21.2. The van der Waals surface area contributed by atoms with Crippen molar-refractivity contribution in [1.82, 2.24) is 0 Å². The van der Waals surface area contributed by atoms with E-state index in [2.05, 4.69) is 52.5 Å². The van der Waals surface area contributed by atoms with Crippen molar-refractivity contribution in [3.8, 4) is 0 Å². The average Bonchev–Trinajstić information content (AvgIpc) is 3.00. The van der Waals surface area contributed by atoms with E-state index in [1.165, 1.54) is 50.5 Å². The van der Waals surface area contributed by atoms with Crippen molar-refractivity contribution in [1.29, 1.82) is 0 Å². The summed E-state index contributed by atoms with van der Waals surface area (Å²) in [7, 11) is 0. The van der Waals surface area contributed by atoms with E-state index >= 15 is 0 Å². The Morgan fingerprint density at radius 3 is 2.72 bits per heavy atom. The third kappa shape index (κ3) is 4.97. The first-order valence-electron chi connectivity index (χ1n) is 11.8. The molecule has 0 radical (unpaired) electrons. The summed E-state index contributed by atoms with van der Waals surface area (Å²) in [5, 5.41) is 20.2. The van der Waals surface area contributed by atoms with Crippen molar-refractivity contribution in [2.75, 3.05) is 0 Å². The molecular formula is C27H42O2. The number of aliphatic hydroxyl groups is 2. The molecule has 0 heterocycles. The number of allylic oxidation sites excluding steroid dienone is 5. The lowest BCUT2D eigenvalue weighted by molar-refractivity contribution is 0.0861. The minimum atomic E-state index is -0.600. The fraction of sp³-hybridized carbons (Fsp3) is 0.704. The van der Waals surface area contributed by atoms with E-state index in [-0.39, 0.29) is 0 Å². The topological polar surface area (TPSA) is 40.5 Å². The molecule has 0 amide bonds. The van der Waals surface area contributed by atoms with Crippen molar-refractivity contribution in [3.63, 3.8) is 0 Å². The minimum Gasteiger partial charge on any atom is -0.393 e. The molecular weight excluding hydrogens is 356 g/mol. The quantitative estimate of drug-likeness (QED) is 0.518. The molecule has 2 N–H and O–H groups in total. The summed E-state index contributed by atoms with van der Waals surface area (Å²) in [5.74, 6) is 2.29. The largest absolute Gasteiger partial charge is 0.393 e. The van der Waals surface area contributed by atoms with Crippen LogP contribution in [0.1, 0.15) is 85.5 Å². The van der Waals surface area contributed by atoms with Gasteiger partial charge in [0.05, 0.1) is 12.2 Å². The van der Waals surface area contributed by atoms with Crippen molar-refractivity contribution in [3.05, 3.63) is 47.1 Å². The van der Waals surface area contributed by atoms with Crippen LogP contribution < -0.4 is 0 Å². The molecule has 0 bridgehead atoms. The third-order valence-corrected chi connectivity index (χ3v) is 8.16. The van der Waals surface area contributed by atoms with Crippen molar-refractivity contribution in [2.24, 2.45) is 23.2 Å². The number of hydrogen-bond donors (Lipinski definition) is 2. The first-order valence-corrected chi connectivity index (χ1v) is 11.8. The summed E-state index contributed by atoms with van der Waals surface area (Å²) in [4.78, 5) is 0. The second-order valence-corrected chi connectivity index (χ2v) is 10.5. The maximum absolute atomic E-state index is 10.1. The predicted molar refractivity (Wildman–Crippen MR) is 123 cm³/mol. The molecule has 0 unspecified atom stereocenters. The summed E-state index contributed by atoms with van der Waals surface area (Å²) in [6.45, 7) is 13.5. The molecule has 0 spiro atoms. The van der Waals surface area contributed by atoms with Crippen LogP contribution in [0.3, 0.4) is 0 Å². The Hall–Kier alpha value is -1.12. The Balaban J connectivity index is 1.74. The second kappa shape index (κ2) is 9.35. The normalized spacial score (nSPS) is 38.9. The van der Waals surface area contributed by atoms with Gasteiger partial charge in [-0.2, -0.15) is 0 Å². The molecule has 3 aliphatic carbocycles. The van der Waals surface area contributed by atoms with Gasteiger partial charge in [0.1, 0.15) is 0 Å². The Morgan fingerprint density at radius 2 is 2.00 bits per heavy atom. The molecule has 3 rings (SSSR count).